The van der Waals surface area contributed by atoms with Crippen molar-refractivity contribution in [3.05, 3.63) is 28.5 Å². The molecule has 2 fully saturated rings. The van der Waals surface area contributed by atoms with Crippen molar-refractivity contribution in [1.29, 1.82) is 0 Å². The lowest BCUT2D eigenvalue weighted by molar-refractivity contribution is -0.131. The van der Waals surface area contributed by atoms with Crippen LogP contribution in [0.5, 0.6) is 5.75 Å². The van der Waals surface area contributed by atoms with E-state index in [1.54, 1.807) is 12.1 Å². The Bertz CT molecular complexity index is 556. The van der Waals surface area contributed by atoms with Crippen molar-refractivity contribution in [3.63, 3.8) is 0 Å². The van der Waals surface area contributed by atoms with Crippen LogP contribution in [0.4, 0.5) is 4.39 Å². The summed E-state index contributed by atoms with van der Waals surface area (Å²) in [6.07, 6.45) is 2.44. The molecule has 4 nitrogen and oxygen atoms in total. The molecule has 0 spiro atoms. The molecule has 1 amide bonds. The van der Waals surface area contributed by atoms with Gasteiger partial charge >= 0.3 is 0 Å². The van der Waals surface area contributed by atoms with Gasteiger partial charge in [-0.15, -0.1) is 0 Å². The van der Waals surface area contributed by atoms with Gasteiger partial charge in [0.05, 0.1) is 13.0 Å². The van der Waals surface area contributed by atoms with Gasteiger partial charge in [0, 0.05) is 17.6 Å². The summed E-state index contributed by atoms with van der Waals surface area (Å²) in [5.74, 6) is 1.30. The minimum absolute atomic E-state index is 0.107. The summed E-state index contributed by atoms with van der Waals surface area (Å²) in [6, 6.07) is 4.66. The molecule has 6 heteroatoms. The largest absolute Gasteiger partial charge is 0.490 e. The van der Waals surface area contributed by atoms with Gasteiger partial charge in [-0.3, -0.25) is 4.79 Å². The second kappa shape index (κ2) is 7.62. The molecule has 3 rings (SSSR count). The first-order valence-corrected chi connectivity index (χ1v) is 8.99. The molecular weight excluding hydrogens is 363 g/mol. The summed E-state index contributed by atoms with van der Waals surface area (Å²) >= 11 is 3.21. The van der Waals surface area contributed by atoms with Crippen molar-refractivity contribution in [1.82, 2.24) is 10.2 Å². The van der Waals surface area contributed by atoms with E-state index in [4.69, 9.17) is 4.74 Å². The Labute approximate surface area is 144 Å². The molecular formula is C17H22BrFN2O2. The van der Waals surface area contributed by atoms with E-state index in [0.717, 1.165) is 39.0 Å². The standard InChI is InChI=1S/C17H22BrFN2O2/c18-14-1-2-16(15(19)9-14)23-8-5-17(22)21-6-3-12-10-20-11-13(12)4-7-21/h1-2,9,12-13,20H,3-8,10-11H2/t12-,13+. The lowest BCUT2D eigenvalue weighted by Crippen LogP contribution is -2.33. The van der Waals surface area contributed by atoms with Crippen molar-refractivity contribution < 1.29 is 13.9 Å². The van der Waals surface area contributed by atoms with Gasteiger partial charge in [0.15, 0.2) is 11.6 Å². The molecule has 23 heavy (non-hydrogen) atoms. The van der Waals surface area contributed by atoms with E-state index >= 15 is 0 Å². The number of ether oxygens (including phenoxy) is 1. The molecule has 126 valence electrons. The predicted octanol–water partition coefficient (Wildman–Crippen LogP) is 2.82. The van der Waals surface area contributed by atoms with E-state index in [0.29, 0.717) is 22.7 Å². The Morgan fingerprint density at radius 2 is 2.00 bits per heavy atom. The van der Waals surface area contributed by atoms with E-state index in [1.165, 1.54) is 6.07 Å². The fourth-order valence-electron chi connectivity index (χ4n) is 3.47. The molecule has 0 aliphatic carbocycles. The van der Waals surface area contributed by atoms with Crippen LogP contribution >= 0.6 is 15.9 Å². The van der Waals surface area contributed by atoms with Crippen LogP contribution in [-0.2, 0) is 4.79 Å². The highest BCUT2D eigenvalue weighted by molar-refractivity contribution is 9.10. The number of hydrogen-bond donors (Lipinski definition) is 1. The predicted molar refractivity (Wildman–Crippen MR) is 89.9 cm³/mol. The molecule has 2 aliphatic rings. The first-order valence-electron chi connectivity index (χ1n) is 8.20. The second-order valence-corrected chi connectivity index (χ2v) is 7.23. The summed E-state index contributed by atoms with van der Waals surface area (Å²) in [5, 5.41) is 3.44. The Kier molecular flexibility index (Phi) is 5.54. The number of fused-ring (bicyclic) bond motifs is 1. The second-order valence-electron chi connectivity index (χ2n) is 6.31. The number of carbonyl (C=O) groups excluding carboxylic acids is 1. The average Bonchev–Trinajstić information content (AvgIpc) is 2.88. The van der Waals surface area contributed by atoms with E-state index in [-0.39, 0.29) is 18.3 Å². The quantitative estimate of drug-likeness (QED) is 0.867. The molecule has 2 heterocycles. The Morgan fingerprint density at radius 1 is 1.30 bits per heavy atom. The molecule has 0 bridgehead atoms. The van der Waals surface area contributed by atoms with Gasteiger partial charge in [-0.05, 0) is 56.0 Å². The molecule has 1 N–H and O–H groups in total. The summed E-state index contributed by atoms with van der Waals surface area (Å²) < 4.78 is 19.7. The monoisotopic (exact) mass is 384 g/mol. The number of amides is 1. The fraction of sp³-hybridized carbons (Fsp3) is 0.588. The first kappa shape index (κ1) is 16.7. The van der Waals surface area contributed by atoms with Gasteiger partial charge < -0.3 is 15.0 Å². The molecule has 0 aromatic heterocycles. The third-order valence-electron chi connectivity index (χ3n) is 4.84. The number of nitrogens with one attached hydrogen (secondary N) is 1. The van der Waals surface area contributed by atoms with Crippen LogP contribution in [0, 0.1) is 17.7 Å². The Hall–Kier alpha value is -1.14. The van der Waals surface area contributed by atoms with Crippen LogP contribution in [-0.4, -0.2) is 43.6 Å². The first-order chi connectivity index (χ1) is 11.1. The van der Waals surface area contributed by atoms with Crippen LogP contribution in [0.25, 0.3) is 0 Å². The highest BCUT2D eigenvalue weighted by Crippen LogP contribution is 2.27. The molecule has 0 saturated carbocycles. The summed E-state index contributed by atoms with van der Waals surface area (Å²) in [5.41, 5.74) is 0. The topological polar surface area (TPSA) is 41.6 Å². The maximum atomic E-state index is 13.7. The van der Waals surface area contributed by atoms with Gasteiger partial charge in [0.25, 0.3) is 0 Å². The summed E-state index contributed by atoms with van der Waals surface area (Å²) in [7, 11) is 0. The lowest BCUT2D eigenvalue weighted by atomic mass is 9.92. The highest BCUT2D eigenvalue weighted by atomic mass is 79.9. The molecule has 2 aliphatic heterocycles. The van der Waals surface area contributed by atoms with Crippen LogP contribution in [0.15, 0.2) is 22.7 Å². The van der Waals surface area contributed by atoms with Gasteiger partial charge in [0.2, 0.25) is 5.91 Å². The van der Waals surface area contributed by atoms with Crippen molar-refractivity contribution >= 4 is 21.8 Å². The van der Waals surface area contributed by atoms with Crippen LogP contribution < -0.4 is 10.1 Å². The summed E-state index contributed by atoms with van der Waals surface area (Å²) in [4.78, 5) is 14.3. The zero-order chi connectivity index (χ0) is 16.2. The summed E-state index contributed by atoms with van der Waals surface area (Å²) in [6.45, 7) is 4.03. The molecule has 1 aromatic rings. The third kappa shape index (κ3) is 4.23. The van der Waals surface area contributed by atoms with Crippen LogP contribution in [0.3, 0.4) is 0 Å². The van der Waals surface area contributed by atoms with Crippen molar-refractivity contribution in [2.75, 3.05) is 32.8 Å². The van der Waals surface area contributed by atoms with Crippen molar-refractivity contribution in [3.8, 4) is 5.75 Å². The molecule has 0 unspecified atom stereocenters. The Morgan fingerprint density at radius 3 is 2.65 bits per heavy atom. The van der Waals surface area contributed by atoms with Crippen molar-refractivity contribution in [2.24, 2.45) is 11.8 Å². The number of hydrogen-bond acceptors (Lipinski definition) is 3. The lowest BCUT2D eigenvalue weighted by Gasteiger charge is -2.21. The zero-order valence-electron chi connectivity index (χ0n) is 13.1. The minimum atomic E-state index is -0.415. The number of benzene rings is 1. The van der Waals surface area contributed by atoms with Gasteiger partial charge in [-0.2, -0.15) is 0 Å². The van der Waals surface area contributed by atoms with Crippen LogP contribution in [0.1, 0.15) is 19.3 Å². The Balaban J connectivity index is 1.45. The molecule has 1 aromatic carbocycles. The van der Waals surface area contributed by atoms with Gasteiger partial charge in [0.1, 0.15) is 0 Å². The maximum absolute atomic E-state index is 13.7. The number of halogens is 2. The molecule has 0 radical (unpaired) electrons. The van der Waals surface area contributed by atoms with E-state index < -0.39 is 5.82 Å². The van der Waals surface area contributed by atoms with E-state index in [1.807, 2.05) is 4.90 Å². The average molecular weight is 385 g/mol. The van der Waals surface area contributed by atoms with Crippen molar-refractivity contribution in [2.45, 2.75) is 19.3 Å². The molecule has 2 saturated heterocycles. The third-order valence-corrected chi connectivity index (χ3v) is 5.33. The number of carbonyl (C=O) groups is 1. The van der Waals surface area contributed by atoms with E-state index in [2.05, 4.69) is 21.2 Å². The maximum Gasteiger partial charge on any atom is 0.225 e. The van der Waals surface area contributed by atoms with Crippen LogP contribution in [0.2, 0.25) is 0 Å². The number of nitrogens with zero attached hydrogens (tertiary/aromatic N) is 1. The highest BCUT2D eigenvalue weighted by Gasteiger charge is 2.31. The zero-order valence-corrected chi connectivity index (χ0v) is 14.6. The van der Waals surface area contributed by atoms with E-state index in [9.17, 15) is 9.18 Å². The SMILES string of the molecule is O=C(CCOc1ccc(Br)cc1F)N1CC[C@@H]2CNC[C@@H]2CC1. The minimum Gasteiger partial charge on any atom is -0.490 e. The number of rotatable bonds is 4. The number of likely N-dealkylation sites (tertiary alicyclic amines) is 1. The van der Waals surface area contributed by atoms with Gasteiger partial charge in [-0.25, -0.2) is 4.39 Å². The smallest absolute Gasteiger partial charge is 0.225 e. The normalized spacial score (nSPS) is 24.2. The fourth-order valence-corrected chi connectivity index (χ4v) is 3.80. The molecule has 2 atom stereocenters. The van der Waals surface area contributed by atoms with Gasteiger partial charge in [-0.1, -0.05) is 15.9 Å².